The third-order valence-corrected chi connectivity index (χ3v) is 4.70. The Labute approximate surface area is 142 Å². The molecule has 1 aliphatic carbocycles. The number of benzene rings is 3. The average molecular weight is 310 g/mol. The molecule has 0 saturated carbocycles. The first kappa shape index (κ1) is 14.6. The van der Waals surface area contributed by atoms with Crippen LogP contribution in [0.4, 0.5) is 0 Å². The Morgan fingerprint density at radius 1 is 0.750 bits per heavy atom. The highest BCUT2D eigenvalue weighted by Crippen LogP contribution is 2.42. The van der Waals surface area contributed by atoms with Crippen LogP contribution in [-0.2, 0) is 0 Å². The molecule has 0 spiro atoms. The molecule has 0 heterocycles. The number of rotatable bonds is 3. The minimum atomic E-state index is 0.0865. The van der Waals surface area contributed by atoms with Crippen molar-refractivity contribution in [3.63, 3.8) is 0 Å². The molecule has 1 unspecified atom stereocenters. The zero-order valence-electron chi connectivity index (χ0n) is 13.6. The molecule has 3 aromatic carbocycles. The van der Waals surface area contributed by atoms with Crippen molar-refractivity contribution in [3.05, 3.63) is 112 Å². The van der Waals surface area contributed by atoms with E-state index in [9.17, 15) is 4.79 Å². The van der Waals surface area contributed by atoms with Crippen molar-refractivity contribution in [1.29, 1.82) is 0 Å². The van der Waals surface area contributed by atoms with E-state index in [4.69, 9.17) is 0 Å². The summed E-state index contributed by atoms with van der Waals surface area (Å²) < 4.78 is 0. The minimum absolute atomic E-state index is 0.0865. The maximum Gasteiger partial charge on any atom is 0.193 e. The summed E-state index contributed by atoms with van der Waals surface area (Å²) in [5, 5.41) is 0. The molecule has 116 valence electrons. The van der Waals surface area contributed by atoms with Crippen LogP contribution in [0.5, 0.6) is 0 Å². The van der Waals surface area contributed by atoms with Crippen molar-refractivity contribution >= 4 is 11.9 Å². The van der Waals surface area contributed by atoms with E-state index < -0.39 is 0 Å². The summed E-state index contributed by atoms with van der Waals surface area (Å²) in [7, 11) is 0. The Morgan fingerprint density at radius 3 is 2.17 bits per heavy atom. The molecule has 0 N–H and O–H groups in total. The number of ketones is 1. The Hall–Kier alpha value is -2.93. The van der Waals surface area contributed by atoms with Crippen LogP contribution in [0, 0.1) is 0 Å². The van der Waals surface area contributed by atoms with Crippen molar-refractivity contribution in [2.24, 2.45) is 0 Å². The van der Waals surface area contributed by atoms with Crippen molar-refractivity contribution < 1.29 is 4.79 Å². The maximum atomic E-state index is 13.0. The fourth-order valence-corrected chi connectivity index (χ4v) is 3.59. The molecular formula is C23H18O. The molecule has 0 aliphatic heterocycles. The summed E-state index contributed by atoms with van der Waals surface area (Å²) in [4.78, 5) is 13.0. The van der Waals surface area contributed by atoms with Gasteiger partial charge in [0.1, 0.15) is 0 Å². The normalized spacial score (nSPS) is 15.7. The largest absolute Gasteiger partial charge is 0.289 e. The Kier molecular flexibility index (Phi) is 3.62. The quantitative estimate of drug-likeness (QED) is 0.587. The fraction of sp³-hybridized carbons (Fsp3) is 0.0870. The van der Waals surface area contributed by atoms with E-state index >= 15 is 0 Å². The molecule has 1 atom stereocenters. The monoisotopic (exact) mass is 310 g/mol. The van der Waals surface area contributed by atoms with Gasteiger partial charge >= 0.3 is 0 Å². The Balaban J connectivity index is 1.84. The predicted octanol–water partition coefficient (Wildman–Crippen LogP) is 5.47. The van der Waals surface area contributed by atoms with Crippen molar-refractivity contribution in [2.45, 2.75) is 12.8 Å². The van der Waals surface area contributed by atoms with E-state index in [2.05, 4.69) is 43.3 Å². The van der Waals surface area contributed by atoms with Crippen molar-refractivity contribution in [1.82, 2.24) is 0 Å². The molecule has 1 nitrogen and oxygen atoms in total. The zero-order chi connectivity index (χ0) is 16.5. The zero-order valence-corrected chi connectivity index (χ0v) is 13.6. The topological polar surface area (TPSA) is 17.1 Å². The van der Waals surface area contributed by atoms with Crippen LogP contribution in [-0.4, -0.2) is 5.78 Å². The second kappa shape index (κ2) is 5.93. The SMILES string of the molecule is CC1=Cc2ccccc2C1c1ccccc1C(=O)c1ccccc1. The van der Waals surface area contributed by atoms with E-state index in [-0.39, 0.29) is 11.7 Å². The number of carbonyl (C=O) groups excluding carboxylic acids is 1. The van der Waals surface area contributed by atoms with Gasteiger partial charge in [0.25, 0.3) is 0 Å². The van der Waals surface area contributed by atoms with Crippen LogP contribution >= 0.6 is 0 Å². The van der Waals surface area contributed by atoms with Gasteiger partial charge in [-0.15, -0.1) is 0 Å². The maximum absolute atomic E-state index is 13.0. The van der Waals surface area contributed by atoms with E-state index in [1.165, 1.54) is 16.7 Å². The summed E-state index contributed by atoms with van der Waals surface area (Å²) in [6, 6.07) is 25.9. The second-order valence-electron chi connectivity index (χ2n) is 6.23. The minimum Gasteiger partial charge on any atom is -0.289 e. The molecule has 0 aromatic heterocycles. The highest BCUT2D eigenvalue weighted by molar-refractivity contribution is 6.10. The number of allylic oxidation sites excluding steroid dienone is 1. The lowest BCUT2D eigenvalue weighted by molar-refractivity contribution is 0.103. The fourth-order valence-electron chi connectivity index (χ4n) is 3.59. The lowest BCUT2D eigenvalue weighted by Crippen LogP contribution is -2.09. The summed E-state index contributed by atoms with van der Waals surface area (Å²) in [5.41, 5.74) is 6.43. The van der Waals surface area contributed by atoms with E-state index in [1.54, 1.807) is 0 Å². The van der Waals surface area contributed by atoms with Gasteiger partial charge in [0.2, 0.25) is 0 Å². The standard InChI is InChI=1S/C23H18O/c1-16-15-18-11-5-6-12-19(18)22(16)20-13-7-8-14-21(20)23(24)17-9-3-2-4-10-17/h2-15,22H,1H3. The summed E-state index contributed by atoms with van der Waals surface area (Å²) in [6.45, 7) is 2.15. The van der Waals surface area contributed by atoms with Gasteiger partial charge < -0.3 is 0 Å². The summed E-state index contributed by atoms with van der Waals surface area (Å²) in [6.07, 6.45) is 2.23. The molecule has 0 radical (unpaired) electrons. The van der Waals surface area contributed by atoms with Crippen LogP contribution in [0.25, 0.3) is 6.08 Å². The molecule has 0 bridgehead atoms. The number of fused-ring (bicyclic) bond motifs is 1. The molecule has 3 aromatic rings. The number of hydrogen-bond acceptors (Lipinski definition) is 1. The van der Waals surface area contributed by atoms with Gasteiger partial charge in [0.05, 0.1) is 0 Å². The van der Waals surface area contributed by atoms with Crippen LogP contribution in [0.3, 0.4) is 0 Å². The van der Waals surface area contributed by atoms with Crippen LogP contribution in [0.1, 0.15) is 45.5 Å². The van der Waals surface area contributed by atoms with Gasteiger partial charge in [-0.05, 0) is 23.6 Å². The first-order chi connectivity index (χ1) is 11.8. The highest BCUT2D eigenvalue weighted by atomic mass is 16.1. The molecular weight excluding hydrogens is 292 g/mol. The third-order valence-electron chi connectivity index (χ3n) is 4.70. The second-order valence-corrected chi connectivity index (χ2v) is 6.23. The third kappa shape index (κ3) is 2.39. The van der Waals surface area contributed by atoms with Crippen LogP contribution in [0.2, 0.25) is 0 Å². The molecule has 0 saturated heterocycles. The lowest BCUT2D eigenvalue weighted by Gasteiger charge is -2.18. The van der Waals surface area contributed by atoms with Crippen molar-refractivity contribution in [3.8, 4) is 0 Å². The molecule has 4 rings (SSSR count). The lowest BCUT2D eigenvalue weighted by atomic mass is 9.84. The van der Waals surface area contributed by atoms with E-state index in [0.29, 0.717) is 0 Å². The first-order valence-electron chi connectivity index (χ1n) is 8.21. The number of hydrogen-bond donors (Lipinski definition) is 0. The summed E-state index contributed by atoms with van der Waals surface area (Å²) in [5.74, 6) is 0.244. The van der Waals surface area contributed by atoms with Gasteiger partial charge in [-0.25, -0.2) is 0 Å². The smallest absolute Gasteiger partial charge is 0.193 e. The molecule has 0 amide bonds. The Bertz CT molecular complexity index is 935. The predicted molar refractivity (Wildman–Crippen MR) is 98.3 cm³/mol. The first-order valence-corrected chi connectivity index (χ1v) is 8.21. The van der Waals surface area contributed by atoms with Crippen LogP contribution in [0.15, 0.2) is 84.4 Å². The van der Waals surface area contributed by atoms with E-state index in [0.717, 1.165) is 16.7 Å². The molecule has 1 aliphatic rings. The molecule has 0 fully saturated rings. The van der Waals surface area contributed by atoms with Gasteiger partial charge in [-0.1, -0.05) is 90.5 Å². The number of carbonyl (C=O) groups is 1. The van der Waals surface area contributed by atoms with Gasteiger partial charge in [0.15, 0.2) is 5.78 Å². The molecule has 1 heteroatoms. The van der Waals surface area contributed by atoms with Crippen molar-refractivity contribution in [2.75, 3.05) is 0 Å². The van der Waals surface area contributed by atoms with E-state index in [1.807, 2.05) is 48.5 Å². The van der Waals surface area contributed by atoms with Gasteiger partial charge in [0, 0.05) is 17.0 Å². The highest BCUT2D eigenvalue weighted by Gasteiger charge is 2.27. The van der Waals surface area contributed by atoms with Crippen LogP contribution < -0.4 is 0 Å². The summed E-state index contributed by atoms with van der Waals surface area (Å²) >= 11 is 0. The molecule has 24 heavy (non-hydrogen) atoms. The average Bonchev–Trinajstić information content (AvgIpc) is 2.97. The van der Waals surface area contributed by atoms with Gasteiger partial charge in [-0.2, -0.15) is 0 Å². The Morgan fingerprint density at radius 2 is 1.38 bits per heavy atom. The van der Waals surface area contributed by atoms with Gasteiger partial charge in [-0.3, -0.25) is 4.79 Å².